The first kappa shape index (κ1) is 19.4. The Kier molecular flexibility index (Phi) is 5.49. The molecule has 7 heteroatoms. The quantitative estimate of drug-likeness (QED) is 0.600. The van der Waals surface area contributed by atoms with Crippen LogP contribution in [-0.4, -0.2) is 40.2 Å². The lowest BCUT2D eigenvalue weighted by Crippen LogP contribution is -2.21. The number of imidazole rings is 1. The minimum atomic E-state index is -0.00890. The molecule has 0 unspecified atom stereocenters. The van der Waals surface area contributed by atoms with Crippen LogP contribution in [0.2, 0.25) is 0 Å². The minimum Gasteiger partial charge on any atom is -0.486 e. The van der Waals surface area contributed by atoms with Gasteiger partial charge >= 0.3 is 0 Å². The number of carbonyl (C=O) groups is 1. The third kappa shape index (κ3) is 3.96. The SMILES string of the molecule is Cc1cc(-c2nc3ccc(OCC=O)cc3n2CC2CCOCC2)cn(C)c1=O. The van der Waals surface area contributed by atoms with Gasteiger partial charge in [0.1, 0.15) is 18.2 Å². The Labute approximate surface area is 168 Å². The lowest BCUT2D eigenvalue weighted by molar-refractivity contribution is -0.109. The molecule has 1 aliphatic heterocycles. The van der Waals surface area contributed by atoms with Crippen molar-refractivity contribution in [3.05, 3.63) is 46.4 Å². The van der Waals surface area contributed by atoms with Crippen molar-refractivity contribution in [2.24, 2.45) is 13.0 Å². The average molecular weight is 395 g/mol. The molecule has 0 bridgehead atoms. The number of ether oxygens (including phenoxy) is 2. The highest BCUT2D eigenvalue weighted by molar-refractivity contribution is 5.82. The summed E-state index contributed by atoms with van der Waals surface area (Å²) in [5.41, 5.74) is 3.40. The molecule has 152 valence electrons. The number of rotatable bonds is 6. The molecule has 1 aliphatic rings. The number of pyridine rings is 1. The van der Waals surface area contributed by atoms with Crippen molar-refractivity contribution in [2.75, 3.05) is 19.8 Å². The molecule has 0 spiro atoms. The second-order valence-electron chi connectivity index (χ2n) is 7.56. The van der Waals surface area contributed by atoms with Gasteiger partial charge in [0.15, 0.2) is 6.29 Å². The summed E-state index contributed by atoms with van der Waals surface area (Å²) in [5.74, 6) is 1.96. The summed E-state index contributed by atoms with van der Waals surface area (Å²) in [6, 6.07) is 7.57. The van der Waals surface area contributed by atoms with Gasteiger partial charge in [-0.1, -0.05) is 0 Å². The fourth-order valence-electron chi connectivity index (χ4n) is 3.91. The van der Waals surface area contributed by atoms with Crippen molar-refractivity contribution < 1.29 is 14.3 Å². The van der Waals surface area contributed by atoms with Crippen LogP contribution in [0.5, 0.6) is 5.75 Å². The van der Waals surface area contributed by atoms with Crippen LogP contribution in [0.25, 0.3) is 22.4 Å². The van der Waals surface area contributed by atoms with Crippen LogP contribution >= 0.6 is 0 Å². The number of hydrogen-bond acceptors (Lipinski definition) is 5. The lowest BCUT2D eigenvalue weighted by Gasteiger charge is -2.23. The summed E-state index contributed by atoms with van der Waals surface area (Å²) < 4.78 is 14.8. The highest BCUT2D eigenvalue weighted by atomic mass is 16.5. The van der Waals surface area contributed by atoms with E-state index in [0.29, 0.717) is 17.2 Å². The van der Waals surface area contributed by atoms with Crippen LogP contribution in [0.1, 0.15) is 18.4 Å². The molecule has 1 aromatic carbocycles. The molecule has 0 saturated carbocycles. The van der Waals surface area contributed by atoms with E-state index in [2.05, 4.69) is 4.57 Å². The summed E-state index contributed by atoms with van der Waals surface area (Å²) in [6.45, 7) is 4.21. The number of fused-ring (bicyclic) bond motifs is 1. The van der Waals surface area contributed by atoms with E-state index in [1.165, 1.54) is 0 Å². The Hall–Kier alpha value is -2.93. The molecule has 3 aromatic rings. The van der Waals surface area contributed by atoms with Gasteiger partial charge in [-0.05, 0) is 43.9 Å². The molecular weight excluding hydrogens is 370 g/mol. The van der Waals surface area contributed by atoms with E-state index in [0.717, 1.165) is 61.3 Å². The molecule has 0 aliphatic carbocycles. The van der Waals surface area contributed by atoms with Crippen LogP contribution in [-0.2, 0) is 23.1 Å². The van der Waals surface area contributed by atoms with E-state index < -0.39 is 0 Å². The normalized spacial score (nSPS) is 15.0. The van der Waals surface area contributed by atoms with E-state index >= 15 is 0 Å². The van der Waals surface area contributed by atoms with Crippen LogP contribution < -0.4 is 10.3 Å². The number of benzene rings is 1. The van der Waals surface area contributed by atoms with Crippen molar-refractivity contribution in [3.63, 3.8) is 0 Å². The van der Waals surface area contributed by atoms with Crippen molar-refractivity contribution in [1.29, 1.82) is 0 Å². The zero-order chi connectivity index (χ0) is 20.4. The molecule has 7 nitrogen and oxygen atoms in total. The summed E-state index contributed by atoms with van der Waals surface area (Å²) in [4.78, 5) is 27.7. The fourth-order valence-corrected chi connectivity index (χ4v) is 3.91. The first-order chi connectivity index (χ1) is 14.1. The Morgan fingerprint density at radius 1 is 1.28 bits per heavy atom. The number of carbonyl (C=O) groups excluding carboxylic acids is 1. The number of nitrogens with zero attached hydrogens (tertiary/aromatic N) is 3. The van der Waals surface area contributed by atoms with Gasteiger partial charge in [-0.15, -0.1) is 0 Å². The largest absolute Gasteiger partial charge is 0.486 e. The van der Waals surface area contributed by atoms with Crippen molar-refractivity contribution in [1.82, 2.24) is 14.1 Å². The Morgan fingerprint density at radius 2 is 2.07 bits per heavy atom. The van der Waals surface area contributed by atoms with Gasteiger partial charge in [0, 0.05) is 50.2 Å². The van der Waals surface area contributed by atoms with Crippen molar-refractivity contribution in [3.8, 4) is 17.1 Å². The van der Waals surface area contributed by atoms with Gasteiger partial charge in [-0.2, -0.15) is 0 Å². The molecular formula is C22H25N3O4. The number of hydrogen-bond donors (Lipinski definition) is 0. The number of aldehydes is 1. The van der Waals surface area contributed by atoms with Crippen LogP contribution in [0.4, 0.5) is 0 Å². The van der Waals surface area contributed by atoms with Gasteiger partial charge in [-0.3, -0.25) is 9.59 Å². The maximum absolute atomic E-state index is 12.1. The van der Waals surface area contributed by atoms with E-state index in [4.69, 9.17) is 14.5 Å². The molecule has 0 amide bonds. The van der Waals surface area contributed by atoms with Crippen LogP contribution in [0, 0.1) is 12.8 Å². The first-order valence-corrected chi connectivity index (χ1v) is 9.89. The van der Waals surface area contributed by atoms with E-state index in [1.54, 1.807) is 11.6 Å². The summed E-state index contributed by atoms with van der Waals surface area (Å²) in [7, 11) is 1.76. The second kappa shape index (κ2) is 8.21. The molecule has 0 radical (unpaired) electrons. The minimum absolute atomic E-state index is 0.00890. The monoisotopic (exact) mass is 395 g/mol. The molecule has 4 rings (SSSR count). The average Bonchev–Trinajstić information content (AvgIpc) is 3.08. The number of aromatic nitrogens is 3. The van der Waals surface area contributed by atoms with Crippen molar-refractivity contribution >= 4 is 17.3 Å². The maximum Gasteiger partial charge on any atom is 0.253 e. The predicted molar refractivity (Wildman–Crippen MR) is 110 cm³/mol. The standard InChI is InChI=1S/C22H25N3O4/c1-15-11-17(14-24(2)22(15)27)21-23-19-4-3-18(29-10-7-26)12-20(19)25(21)13-16-5-8-28-9-6-16/h3-4,7,11-12,14,16H,5-6,8-10,13H2,1-2H3. The summed E-state index contributed by atoms with van der Waals surface area (Å²) in [5, 5.41) is 0. The molecule has 0 atom stereocenters. The first-order valence-electron chi connectivity index (χ1n) is 9.89. The fraction of sp³-hybridized carbons (Fsp3) is 0.409. The zero-order valence-corrected chi connectivity index (χ0v) is 16.8. The van der Waals surface area contributed by atoms with Crippen molar-refractivity contribution in [2.45, 2.75) is 26.3 Å². The second-order valence-corrected chi connectivity index (χ2v) is 7.56. The lowest BCUT2D eigenvalue weighted by atomic mass is 10.00. The van der Waals surface area contributed by atoms with Crippen LogP contribution in [0.15, 0.2) is 35.3 Å². The third-order valence-electron chi connectivity index (χ3n) is 5.44. The Bertz CT molecular complexity index is 1070. The van der Waals surface area contributed by atoms with Crippen LogP contribution in [0.3, 0.4) is 0 Å². The highest BCUT2D eigenvalue weighted by Gasteiger charge is 2.20. The summed E-state index contributed by atoms with van der Waals surface area (Å²) in [6.07, 6.45) is 4.59. The highest BCUT2D eigenvalue weighted by Crippen LogP contribution is 2.30. The van der Waals surface area contributed by atoms with Gasteiger partial charge < -0.3 is 18.6 Å². The van der Waals surface area contributed by atoms with Gasteiger partial charge in [-0.25, -0.2) is 4.98 Å². The van der Waals surface area contributed by atoms with Gasteiger partial charge in [0.2, 0.25) is 0 Å². The molecule has 2 aromatic heterocycles. The zero-order valence-electron chi connectivity index (χ0n) is 16.8. The van der Waals surface area contributed by atoms with E-state index in [1.807, 2.05) is 37.4 Å². The van der Waals surface area contributed by atoms with E-state index in [-0.39, 0.29) is 12.2 Å². The predicted octanol–water partition coefficient (Wildman–Crippen LogP) is 2.71. The van der Waals surface area contributed by atoms with Gasteiger partial charge in [0.05, 0.1) is 11.0 Å². The number of aryl methyl sites for hydroxylation is 2. The Morgan fingerprint density at radius 3 is 2.79 bits per heavy atom. The Balaban J connectivity index is 1.84. The third-order valence-corrected chi connectivity index (χ3v) is 5.44. The topological polar surface area (TPSA) is 75.3 Å². The molecule has 29 heavy (non-hydrogen) atoms. The maximum atomic E-state index is 12.1. The van der Waals surface area contributed by atoms with Gasteiger partial charge in [0.25, 0.3) is 5.56 Å². The molecule has 1 saturated heterocycles. The van der Waals surface area contributed by atoms with E-state index in [9.17, 15) is 9.59 Å². The summed E-state index contributed by atoms with van der Waals surface area (Å²) >= 11 is 0. The molecule has 1 fully saturated rings. The molecule has 3 heterocycles. The molecule has 0 N–H and O–H groups in total. The smallest absolute Gasteiger partial charge is 0.253 e.